The van der Waals surface area contributed by atoms with Crippen LogP contribution >= 0.6 is 0 Å². The van der Waals surface area contributed by atoms with Crippen molar-refractivity contribution in [2.75, 3.05) is 6.54 Å². The second-order valence-electron chi connectivity index (χ2n) is 4.54. The summed E-state index contributed by atoms with van der Waals surface area (Å²) in [4.78, 5) is 8.64. The number of hydrogen-bond donors (Lipinski definition) is 1. The third kappa shape index (κ3) is 4.71. The SMILES string of the molecule is CCNC(CCCC(C)C)c1ncccn1. The molecule has 0 fully saturated rings. The maximum Gasteiger partial charge on any atom is 0.145 e. The van der Waals surface area contributed by atoms with Gasteiger partial charge in [0.2, 0.25) is 0 Å². The quantitative estimate of drug-likeness (QED) is 0.769. The minimum Gasteiger partial charge on any atom is -0.308 e. The maximum absolute atomic E-state index is 4.32. The van der Waals surface area contributed by atoms with Gasteiger partial charge in [-0.3, -0.25) is 0 Å². The van der Waals surface area contributed by atoms with E-state index in [2.05, 4.69) is 36.1 Å². The van der Waals surface area contributed by atoms with Crippen molar-refractivity contribution in [2.24, 2.45) is 5.92 Å². The van der Waals surface area contributed by atoms with Crippen LogP contribution in [0.3, 0.4) is 0 Å². The molecule has 1 aromatic rings. The summed E-state index contributed by atoms with van der Waals surface area (Å²) in [5.41, 5.74) is 0. The van der Waals surface area contributed by atoms with Crippen LogP contribution in [0.1, 0.15) is 51.9 Å². The number of rotatable bonds is 7. The summed E-state index contributed by atoms with van der Waals surface area (Å²) in [6, 6.07) is 2.17. The summed E-state index contributed by atoms with van der Waals surface area (Å²) in [6.07, 6.45) is 7.25. The molecule has 1 N–H and O–H groups in total. The largest absolute Gasteiger partial charge is 0.308 e. The van der Waals surface area contributed by atoms with E-state index in [-0.39, 0.29) is 0 Å². The van der Waals surface area contributed by atoms with E-state index in [1.54, 1.807) is 0 Å². The Hall–Kier alpha value is -0.960. The number of aromatic nitrogens is 2. The molecule has 1 atom stereocenters. The fourth-order valence-corrected chi connectivity index (χ4v) is 1.79. The van der Waals surface area contributed by atoms with Gasteiger partial charge in [0.25, 0.3) is 0 Å². The van der Waals surface area contributed by atoms with E-state index in [9.17, 15) is 0 Å². The van der Waals surface area contributed by atoms with Crippen molar-refractivity contribution in [2.45, 2.75) is 46.1 Å². The van der Waals surface area contributed by atoms with Gasteiger partial charge in [0.15, 0.2) is 0 Å². The van der Waals surface area contributed by atoms with Gasteiger partial charge in [-0.1, -0.05) is 33.6 Å². The summed E-state index contributed by atoms with van der Waals surface area (Å²) < 4.78 is 0. The smallest absolute Gasteiger partial charge is 0.145 e. The van der Waals surface area contributed by atoms with Crippen LogP contribution in [0.5, 0.6) is 0 Å². The predicted molar refractivity (Wildman–Crippen MR) is 67.1 cm³/mol. The summed E-state index contributed by atoms with van der Waals surface area (Å²) in [7, 11) is 0. The standard InChI is InChI=1S/C13H23N3/c1-4-14-12(8-5-7-11(2)3)13-15-9-6-10-16-13/h6,9-12,14H,4-5,7-8H2,1-3H3. The molecule has 0 amide bonds. The molecular weight excluding hydrogens is 198 g/mol. The van der Waals surface area contributed by atoms with Crippen LogP contribution in [0.25, 0.3) is 0 Å². The Labute approximate surface area is 98.7 Å². The molecule has 90 valence electrons. The van der Waals surface area contributed by atoms with E-state index in [0.717, 1.165) is 24.7 Å². The molecule has 1 unspecified atom stereocenters. The number of hydrogen-bond acceptors (Lipinski definition) is 3. The Kier molecular flexibility index (Phi) is 6.01. The lowest BCUT2D eigenvalue weighted by molar-refractivity contribution is 0.440. The molecule has 0 radical (unpaired) electrons. The van der Waals surface area contributed by atoms with E-state index >= 15 is 0 Å². The first-order valence-electron chi connectivity index (χ1n) is 6.24. The van der Waals surface area contributed by atoms with Gasteiger partial charge < -0.3 is 5.32 Å². The molecule has 16 heavy (non-hydrogen) atoms. The average molecular weight is 221 g/mol. The Morgan fingerprint density at radius 1 is 1.19 bits per heavy atom. The lowest BCUT2D eigenvalue weighted by Crippen LogP contribution is -2.22. The van der Waals surface area contributed by atoms with Crippen LogP contribution in [0, 0.1) is 5.92 Å². The van der Waals surface area contributed by atoms with Crippen LogP contribution in [0.2, 0.25) is 0 Å². The maximum atomic E-state index is 4.32. The number of nitrogens with one attached hydrogen (secondary N) is 1. The Bertz CT molecular complexity index is 272. The van der Waals surface area contributed by atoms with Crippen LogP contribution in [-0.4, -0.2) is 16.5 Å². The predicted octanol–water partition coefficient (Wildman–Crippen LogP) is 2.95. The summed E-state index contributed by atoms with van der Waals surface area (Å²) >= 11 is 0. The van der Waals surface area contributed by atoms with Crippen molar-refractivity contribution in [1.82, 2.24) is 15.3 Å². The third-order valence-corrected chi connectivity index (χ3v) is 2.62. The van der Waals surface area contributed by atoms with Crippen molar-refractivity contribution in [3.63, 3.8) is 0 Å². The van der Waals surface area contributed by atoms with E-state index in [4.69, 9.17) is 0 Å². The van der Waals surface area contributed by atoms with Gasteiger partial charge >= 0.3 is 0 Å². The van der Waals surface area contributed by atoms with Crippen LogP contribution in [0.15, 0.2) is 18.5 Å². The van der Waals surface area contributed by atoms with Gasteiger partial charge in [-0.2, -0.15) is 0 Å². The average Bonchev–Trinajstić information content (AvgIpc) is 2.29. The molecule has 0 aromatic carbocycles. The highest BCUT2D eigenvalue weighted by molar-refractivity contribution is 4.95. The summed E-state index contributed by atoms with van der Waals surface area (Å²) in [6.45, 7) is 7.62. The molecule has 0 saturated heterocycles. The van der Waals surface area contributed by atoms with Gasteiger partial charge in [-0.05, 0) is 24.9 Å². The van der Waals surface area contributed by atoms with E-state index in [0.29, 0.717) is 6.04 Å². The van der Waals surface area contributed by atoms with Crippen LogP contribution in [-0.2, 0) is 0 Å². The van der Waals surface area contributed by atoms with Gasteiger partial charge in [0.05, 0.1) is 6.04 Å². The highest BCUT2D eigenvalue weighted by Crippen LogP contribution is 2.17. The van der Waals surface area contributed by atoms with E-state index in [1.165, 1.54) is 12.8 Å². The van der Waals surface area contributed by atoms with Gasteiger partial charge in [0, 0.05) is 12.4 Å². The van der Waals surface area contributed by atoms with Crippen molar-refractivity contribution < 1.29 is 0 Å². The molecule has 1 rings (SSSR count). The van der Waals surface area contributed by atoms with Crippen LogP contribution in [0.4, 0.5) is 0 Å². The molecular formula is C13H23N3. The molecule has 1 heterocycles. The minimum atomic E-state index is 0.310. The van der Waals surface area contributed by atoms with E-state index in [1.807, 2.05) is 18.5 Å². The fraction of sp³-hybridized carbons (Fsp3) is 0.692. The van der Waals surface area contributed by atoms with E-state index < -0.39 is 0 Å². The van der Waals surface area contributed by atoms with Crippen molar-refractivity contribution in [1.29, 1.82) is 0 Å². The van der Waals surface area contributed by atoms with Gasteiger partial charge in [0.1, 0.15) is 5.82 Å². The molecule has 0 aliphatic carbocycles. The third-order valence-electron chi connectivity index (χ3n) is 2.62. The normalized spacial score (nSPS) is 13.0. The second-order valence-corrected chi connectivity index (χ2v) is 4.54. The fourth-order valence-electron chi connectivity index (χ4n) is 1.79. The molecule has 0 bridgehead atoms. The Balaban J connectivity index is 2.48. The highest BCUT2D eigenvalue weighted by Gasteiger charge is 2.12. The lowest BCUT2D eigenvalue weighted by Gasteiger charge is -2.16. The molecule has 0 aliphatic rings. The first-order valence-corrected chi connectivity index (χ1v) is 6.24. The Morgan fingerprint density at radius 2 is 1.88 bits per heavy atom. The molecule has 0 saturated carbocycles. The van der Waals surface area contributed by atoms with Crippen molar-refractivity contribution in [3.05, 3.63) is 24.3 Å². The number of nitrogens with zero attached hydrogens (tertiary/aromatic N) is 2. The first-order chi connectivity index (χ1) is 7.74. The van der Waals surface area contributed by atoms with Gasteiger partial charge in [-0.25, -0.2) is 9.97 Å². The topological polar surface area (TPSA) is 37.8 Å². The van der Waals surface area contributed by atoms with Gasteiger partial charge in [-0.15, -0.1) is 0 Å². The summed E-state index contributed by atoms with van der Waals surface area (Å²) in [5, 5.41) is 3.45. The highest BCUT2D eigenvalue weighted by atomic mass is 15.0. The minimum absolute atomic E-state index is 0.310. The zero-order valence-corrected chi connectivity index (χ0v) is 10.6. The van der Waals surface area contributed by atoms with Crippen LogP contribution < -0.4 is 5.32 Å². The molecule has 0 aliphatic heterocycles. The molecule has 3 heteroatoms. The molecule has 0 spiro atoms. The zero-order chi connectivity index (χ0) is 11.8. The molecule has 3 nitrogen and oxygen atoms in total. The molecule has 1 aromatic heterocycles. The Morgan fingerprint density at radius 3 is 2.44 bits per heavy atom. The first kappa shape index (κ1) is 13.1. The monoisotopic (exact) mass is 221 g/mol. The summed E-state index contributed by atoms with van der Waals surface area (Å²) in [5.74, 6) is 1.70. The lowest BCUT2D eigenvalue weighted by atomic mass is 10.0. The zero-order valence-electron chi connectivity index (χ0n) is 10.6. The van der Waals surface area contributed by atoms with Crippen molar-refractivity contribution in [3.8, 4) is 0 Å². The van der Waals surface area contributed by atoms with Crippen molar-refractivity contribution >= 4 is 0 Å². The second kappa shape index (κ2) is 7.34.